The predicted molar refractivity (Wildman–Crippen MR) is 88.8 cm³/mol. The van der Waals surface area contributed by atoms with E-state index in [-0.39, 0.29) is 5.75 Å². The van der Waals surface area contributed by atoms with E-state index in [0.29, 0.717) is 6.07 Å². The summed E-state index contributed by atoms with van der Waals surface area (Å²) in [5, 5.41) is -0.404. The Morgan fingerprint density at radius 3 is 2.21 bits per heavy atom. The van der Waals surface area contributed by atoms with Crippen LogP contribution in [0.4, 0.5) is 26.3 Å². The van der Waals surface area contributed by atoms with Crippen molar-refractivity contribution < 1.29 is 40.3 Å². The lowest BCUT2D eigenvalue weighted by atomic mass is 10.0. The lowest BCUT2D eigenvalue weighted by molar-refractivity contribution is -0.138. The van der Waals surface area contributed by atoms with Gasteiger partial charge in [-0.1, -0.05) is 18.2 Å². The van der Waals surface area contributed by atoms with Crippen LogP contribution < -0.4 is 10.4 Å². The second-order valence-electron chi connectivity index (χ2n) is 5.89. The van der Waals surface area contributed by atoms with Gasteiger partial charge in [0.05, 0.1) is 11.1 Å². The lowest BCUT2D eigenvalue weighted by Crippen LogP contribution is -2.18. The summed E-state index contributed by atoms with van der Waals surface area (Å²) in [5.41, 5.74) is -4.62. The van der Waals surface area contributed by atoms with Gasteiger partial charge in [-0.05, 0) is 18.2 Å². The molecule has 0 bridgehead atoms. The molecule has 0 radical (unpaired) electrons. The van der Waals surface area contributed by atoms with Crippen molar-refractivity contribution in [3.63, 3.8) is 0 Å². The fourth-order valence-corrected chi connectivity index (χ4v) is 2.67. The van der Waals surface area contributed by atoms with Crippen LogP contribution in [0.3, 0.4) is 0 Å². The minimum absolute atomic E-state index is 0.155. The Labute approximate surface area is 158 Å². The molecule has 10 heteroatoms. The van der Waals surface area contributed by atoms with Crippen molar-refractivity contribution in [3.8, 4) is 5.75 Å². The summed E-state index contributed by atoms with van der Waals surface area (Å²) in [5.74, 6) is -1.14. The summed E-state index contributed by atoms with van der Waals surface area (Å²) in [4.78, 5) is 23.5. The Hall–Kier alpha value is -3.30. The number of alkyl halides is 6. The second-order valence-corrected chi connectivity index (χ2v) is 5.89. The van der Waals surface area contributed by atoms with Gasteiger partial charge in [-0.15, -0.1) is 0 Å². The first kappa shape index (κ1) is 20.4. The molecule has 0 fully saturated rings. The van der Waals surface area contributed by atoms with E-state index in [1.807, 2.05) is 0 Å². The van der Waals surface area contributed by atoms with Gasteiger partial charge < -0.3 is 9.15 Å². The molecule has 0 aliphatic heterocycles. The quantitative estimate of drug-likeness (QED) is 0.338. The zero-order valence-corrected chi connectivity index (χ0v) is 14.2. The van der Waals surface area contributed by atoms with Crippen LogP contribution in [-0.2, 0) is 12.4 Å². The first-order valence-corrected chi connectivity index (χ1v) is 7.94. The molecule has 1 aromatic heterocycles. The standard InChI is InChI=1S/C19H10F6O4/c20-18(21,22)13-4-2-1-3-11(13)15(26)9-28-10-5-6-12-14(19(23,24)25)8-17(27)29-16(12)7-10/h1-8H,9H2. The van der Waals surface area contributed by atoms with E-state index in [9.17, 15) is 35.9 Å². The molecule has 0 unspecified atom stereocenters. The van der Waals surface area contributed by atoms with Crippen LogP contribution in [-0.4, -0.2) is 12.4 Å². The first-order chi connectivity index (χ1) is 13.5. The molecule has 1 heterocycles. The number of hydrogen-bond acceptors (Lipinski definition) is 4. The molecule has 3 aromatic rings. The van der Waals surface area contributed by atoms with Crippen molar-refractivity contribution in [1.82, 2.24) is 0 Å². The van der Waals surface area contributed by atoms with Crippen LogP contribution in [0.15, 0.2) is 57.7 Å². The Morgan fingerprint density at radius 2 is 1.55 bits per heavy atom. The molecule has 0 aliphatic rings. The number of benzene rings is 2. The van der Waals surface area contributed by atoms with E-state index in [4.69, 9.17) is 9.15 Å². The highest BCUT2D eigenvalue weighted by atomic mass is 19.4. The molecule has 0 aliphatic carbocycles. The number of fused-ring (bicyclic) bond motifs is 1. The third kappa shape index (κ3) is 4.41. The lowest BCUT2D eigenvalue weighted by Gasteiger charge is -2.13. The maximum absolute atomic E-state index is 13.0. The fraction of sp³-hybridized carbons (Fsp3) is 0.158. The molecular weight excluding hydrogens is 406 g/mol. The zero-order chi connectivity index (χ0) is 21.4. The van der Waals surface area contributed by atoms with Crippen LogP contribution in [0.1, 0.15) is 21.5 Å². The average molecular weight is 416 g/mol. The van der Waals surface area contributed by atoms with Crippen LogP contribution in [0, 0.1) is 0 Å². The summed E-state index contributed by atoms with van der Waals surface area (Å²) in [6, 6.07) is 7.44. The Balaban J connectivity index is 1.87. The molecular formula is C19H10F6O4. The number of hydrogen-bond donors (Lipinski definition) is 0. The maximum Gasteiger partial charge on any atom is 0.417 e. The number of ketones is 1. The van der Waals surface area contributed by atoms with Gasteiger partial charge in [-0.3, -0.25) is 4.79 Å². The number of carbonyl (C=O) groups is 1. The van der Waals surface area contributed by atoms with E-state index in [1.165, 1.54) is 6.07 Å². The van der Waals surface area contributed by atoms with Gasteiger partial charge in [0.15, 0.2) is 6.61 Å². The van der Waals surface area contributed by atoms with E-state index >= 15 is 0 Å². The van der Waals surface area contributed by atoms with Gasteiger partial charge in [0.25, 0.3) is 0 Å². The molecule has 0 saturated carbocycles. The molecule has 29 heavy (non-hydrogen) atoms. The summed E-state index contributed by atoms with van der Waals surface area (Å²) in [6.07, 6.45) is -9.54. The normalized spacial score (nSPS) is 12.2. The summed E-state index contributed by atoms with van der Waals surface area (Å²) in [7, 11) is 0. The monoisotopic (exact) mass is 416 g/mol. The van der Waals surface area contributed by atoms with Crippen LogP contribution in [0.2, 0.25) is 0 Å². The zero-order valence-electron chi connectivity index (χ0n) is 14.2. The highest BCUT2D eigenvalue weighted by molar-refractivity contribution is 5.98. The molecule has 0 saturated heterocycles. The maximum atomic E-state index is 13.0. The third-order valence-electron chi connectivity index (χ3n) is 3.92. The number of Topliss-reactive ketones (excluding diaryl/α,β-unsaturated/α-hetero) is 1. The van der Waals surface area contributed by atoms with E-state index in [1.54, 1.807) is 0 Å². The van der Waals surface area contributed by atoms with Crippen LogP contribution >= 0.6 is 0 Å². The van der Waals surface area contributed by atoms with Crippen molar-refractivity contribution in [2.24, 2.45) is 0 Å². The van der Waals surface area contributed by atoms with Crippen molar-refractivity contribution in [3.05, 3.63) is 75.6 Å². The molecule has 0 atom stereocenters. The summed E-state index contributed by atoms with van der Waals surface area (Å²) in [6.45, 7) is -0.804. The fourth-order valence-electron chi connectivity index (χ4n) is 2.67. The highest BCUT2D eigenvalue weighted by Crippen LogP contribution is 2.35. The first-order valence-electron chi connectivity index (χ1n) is 7.94. The van der Waals surface area contributed by atoms with Crippen LogP contribution in [0.25, 0.3) is 11.0 Å². The van der Waals surface area contributed by atoms with Gasteiger partial charge >= 0.3 is 18.0 Å². The topological polar surface area (TPSA) is 56.5 Å². The minimum atomic E-state index is -4.80. The number of rotatable bonds is 4. The van der Waals surface area contributed by atoms with Crippen molar-refractivity contribution in [1.29, 1.82) is 0 Å². The molecule has 0 spiro atoms. The molecule has 4 nitrogen and oxygen atoms in total. The average Bonchev–Trinajstić information content (AvgIpc) is 2.63. The van der Waals surface area contributed by atoms with Gasteiger partial charge in [0, 0.05) is 23.1 Å². The largest absolute Gasteiger partial charge is 0.485 e. The summed E-state index contributed by atoms with van der Waals surface area (Å²) < 4.78 is 87.9. The molecule has 3 rings (SSSR count). The number of carbonyl (C=O) groups excluding carboxylic acids is 1. The van der Waals surface area contributed by atoms with Crippen molar-refractivity contribution in [2.45, 2.75) is 12.4 Å². The smallest absolute Gasteiger partial charge is 0.417 e. The molecule has 0 N–H and O–H groups in total. The van der Waals surface area contributed by atoms with Crippen LogP contribution in [0.5, 0.6) is 5.75 Å². The van der Waals surface area contributed by atoms with Crippen molar-refractivity contribution >= 4 is 16.8 Å². The summed E-state index contributed by atoms with van der Waals surface area (Å²) >= 11 is 0. The van der Waals surface area contributed by atoms with Gasteiger partial charge in [0.2, 0.25) is 5.78 Å². The second kappa shape index (κ2) is 7.26. The Kier molecular flexibility index (Phi) is 5.12. The highest BCUT2D eigenvalue weighted by Gasteiger charge is 2.35. The number of halogens is 6. The van der Waals surface area contributed by atoms with Gasteiger partial charge in [-0.25, -0.2) is 4.79 Å². The minimum Gasteiger partial charge on any atom is -0.485 e. The molecule has 0 amide bonds. The Morgan fingerprint density at radius 1 is 0.897 bits per heavy atom. The third-order valence-corrected chi connectivity index (χ3v) is 3.92. The number of ether oxygens (including phenoxy) is 1. The van der Waals surface area contributed by atoms with E-state index < -0.39 is 58.0 Å². The molecule has 2 aromatic carbocycles. The van der Waals surface area contributed by atoms with Gasteiger partial charge in [-0.2, -0.15) is 26.3 Å². The van der Waals surface area contributed by atoms with E-state index in [2.05, 4.69) is 0 Å². The van der Waals surface area contributed by atoms with Crippen molar-refractivity contribution in [2.75, 3.05) is 6.61 Å². The van der Waals surface area contributed by atoms with Gasteiger partial charge in [0.1, 0.15) is 11.3 Å². The Bertz CT molecular complexity index is 1130. The SMILES string of the molecule is O=C(COc1ccc2c(C(F)(F)F)cc(=O)oc2c1)c1ccccc1C(F)(F)F. The van der Waals surface area contributed by atoms with E-state index in [0.717, 1.165) is 36.4 Å². The molecule has 152 valence electrons. The predicted octanol–water partition coefficient (Wildman–Crippen LogP) is 5.09.